The van der Waals surface area contributed by atoms with E-state index >= 15 is 0 Å². The van der Waals surface area contributed by atoms with Crippen LogP contribution in [0.2, 0.25) is 0 Å². The highest BCUT2D eigenvalue weighted by atomic mass is 16.5. The molecule has 1 unspecified atom stereocenters. The number of benzene rings is 2. The Hall–Kier alpha value is -2.83. The molecular formula is C23H27NO5. The number of rotatable bonds is 8. The van der Waals surface area contributed by atoms with E-state index in [-0.39, 0.29) is 5.43 Å². The molecule has 3 rings (SSSR count). The Bertz CT molecular complexity index is 1040. The molecule has 0 radical (unpaired) electrons. The first-order valence-electron chi connectivity index (χ1n) is 9.53. The Kier molecular flexibility index (Phi) is 6.56. The van der Waals surface area contributed by atoms with Crippen LogP contribution < -0.4 is 14.9 Å². The Labute approximate surface area is 170 Å². The number of hydrogen-bond acceptors (Lipinski definition) is 6. The maximum absolute atomic E-state index is 13.0. The quantitative estimate of drug-likeness (QED) is 0.627. The van der Waals surface area contributed by atoms with E-state index in [0.717, 1.165) is 11.1 Å². The van der Waals surface area contributed by atoms with E-state index in [2.05, 4.69) is 0 Å². The van der Waals surface area contributed by atoms with Gasteiger partial charge in [-0.3, -0.25) is 9.69 Å². The molecule has 0 aliphatic carbocycles. The number of nitrogens with zero attached hydrogens (tertiary/aromatic N) is 1. The smallest absolute Gasteiger partial charge is 0.197 e. The van der Waals surface area contributed by atoms with Gasteiger partial charge < -0.3 is 19.0 Å². The van der Waals surface area contributed by atoms with Gasteiger partial charge in [0, 0.05) is 25.2 Å². The summed E-state index contributed by atoms with van der Waals surface area (Å²) < 4.78 is 16.3. The number of methoxy groups -OCH3 is 2. The van der Waals surface area contributed by atoms with Crippen molar-refractivity contribution in [3.63, 3.8) is 0 Å². The van der Waals surface area contributed by atoms with Gasteiger partial charge in [-0.1, -0.05) is 17.7 Å². The van der Waals surface area contributed by atoms with Crippen molar-refractivity contribution >= 4 is 11.0 Å². The number of fused-ring (bicyclic) bond motifs is 1. The van der Waals surface area contributed by atoms with Gasteiger partial charge in [0.1, 0.15) is 5.58 Å². The van der Waals surface area contributed by atoms with Gasteiger partial charge in [0.2, 0.25) is 0 Å². The first-order valence-corrected chi connectivity index (χ1v) is 9.53. The molecule has 0 saturated heterocycles. The number of aliphatic hydroxyl groups is 1. The molecule has 6 heteroatoms. The van der Waals surface area contributed by atoms with Gasteiger partial charge >= 0.3 is 0 Å². The summed E-state index contributed by atoms with van der Waals surface area (Å²) in [7, 11) is 3.19. The van der Waals surface area contributed by atoms with Gasteiger partial charge in [0.05, 0.1) is 32.0 Å². The summed E-state index contributed by atoms with van der Waals surface area (Å²) in [5, 5.41) is 10.5. The average Bonchev–Trinajstić information content (AvgIpc) is 2.69. The van der Waals surface area contributed by atoms with Crippen molar-refractivity contribution in [2.75, 3.05) is 20.8 Å². The molecule has 0 amide bonds. The minimum Gasteiger partial charge on any atom is -0.493 e. The summed E-state index contributed by atoms with van der Waals surface area (Å²) in [4.78, 5) is 15.0. The van der Waals surface area contributed by atoms with Gasteiger partial charge in [-0.25, -0.2) is 0 Å². The first-order chi connectivity index (χ1) is 13.9. The highest BCUT2D eigenvalue weighted by Crippen LogP contribution is 2.28. The van der Waals surface area contributed by atoms with Crippen molar-refractivity contribution in [2.45, 2.75) is 33.0 Å². The lowest BCUT2D eigenvalue weighted by molar-refractivity contribution is 0.117. The zero-order valence-corrected chi connectivity index (χ0v) is 17.3. The Balaban J connectivity index is 1.89. The van der Waals surface area contributed by atoms with Crippen molar-refractivity contribution in [1.29, 1.82) is 0 Å². The molecule has 6 nitrogen and oxygen atoms in total. The number of aliphatic hydroxyl groups excluding tert-OH is 1. The Morgan fingerprint density at radius 2 is 1.83 bits per heavy atom. The predicted octanol–water partition coefficient (Wildman–Crippen LogP) is 3.50. The third kappa shape index (κ3) is 4.96. The maximum Gasteiger partial charge on any atom is 0.197 e. The highest BCUT2D eigenvalue weighted by Gasteiger charge is 2.15. The summed E-state index contributed by atoms with van der Waals surface area (Å²) in [6.45, 7) is 5.00. The molecule has 0 fully saturated rings. The normalized spacial score (nSPS) is 12.3. The van der Waals surface area contributed by atoms with Crippen LogP contribution in [0.5, 0.6) is 11.5 Å². The lowest BCUT2D eigenvalue weighted by atomic mass is 10.1. The fourth-order valence-electron chi connectivity index (χ4n) is 3.43. The van der Waals surface area contributed by atoms with Crippen LogP contribution in [0, 0.1) is 6.92 Å². The molecule has 0 saturated carbocycles. The summed E-state index contributed by atoms with van der Waals surface area (Å²) >= 11 is 0. The topological polar surface area (TPSA) is 72.1 Å². The van der Waals surface area contributed by atoms with Crippen molar-refractivity contribution < 1.29 is 19.0 Å². The molecule has 2 aromatic carbocycles. The SMILES string of the molecule is COc1ccc(CN(Cc2coc3ccc(C)cc3c2=O)CC(C)O)cc1OC. The fourth-order valence-corrected chi connectivity index (χ4v) is 3.43. The van der Waals surface area contributed by atoms with E-state index in [1.165, 1.54) is 6.26 Å². The van der Waals surface area contributed by atoms with Gasteiger partial charge in [-0.05, 0) is 43.7 Å². The van der Waals surface area contributed by atoms with Crippen LogP contribution in [0.1, 0.15) is 23.6 Å². The van der Waals surface area contributed by atoms with Gasteiger partial charge in [-0.2, -0.15) is 0 Å². The fraction of sp³-hybridized carbons (Fsp3) is 0.348. The number of aryl methyl sites for hydroxylation is 1. The molecule has 0 spiro atoms. The third-order valence-electron chi connectivity index (χ3n) is 4.77. The lowest BCUT2D eigenvalue weighted by Gasteiger charge is -2.24. The number of hydrogen-bond donors (Lipinski definition) is 1. The summed E-state index contributed by atoms with van der Waals surface area (Å²) in [6.07, 6.45) is 0.980. The molecule has 1 atom stereocenters. The van der Waals surface area contributed by atoms with Crippen LogP contribution in [0.4, 0.5) is 0 Å². The van der Waals surface area contributed by atoms with E-state index in [4.69, 9.17) is 13.9 Å². The Morgan fingerprint density at radius 3 is 2.52 bits per heavy atom. The second kappa shape index (κ2) is 9.11. The second-order valence-corrected chi connectivity index (χ2v) is 7.30. The predicted molar refractivity (Wildman–Crippen MR) is 113 cm³/mol. The molecule has 0 aliphatic heterocycles. The molecule has 0 bridgehead atoms. The molecule has 1 aromatic heterocycles. The van der Waals surface area contributed by atoms with Crippen LogP contribution in [-0.2, 0) is 13.1 Å². The van der Waals surface area contributed by atoms with Crippen molar-refractivity contribution in [2.24, 2.45) is 0 Å². The Morgan fingerprint density at radius 1 is 1.07 bits per heavy atom. The van der Waals surface area contributed by atoms with Gasteiger partial charge in [0.25, 0.3) is 0 Å². The van der Waals surface area contributed by atoms with Gasteiger partial charge in [-0.15, -0.1) is 0 Å². The average molecular weight is 397 g/mol. The maximum atomic E-state index is 13.0. The van der Waals surface area contributed by atoms with E-state index < -0.39 is 6.10 Å². The standard InChI is InChI=1S/C23H27NO5/c1-15-5-7-20-19(9-15)23(26)18(14-29-20)13-24(11-16(2)25)12-17-6-8-21(27-3)22(10-17)28-4/h5-10,14,16,25H,11-13H2,1-4H3. The van der Waals surface area contributed by atoms with Crippen LogP contribution in [0.15, 0.2) is 51.9 Å². The molecule has 1 N–H and O–H groups in total. The molecular weight excluding hydrogens is 370 g/mol. The highest BCUT2D eigenvalue weighted by molar-refractivity contribution is 5.77. The molecule has 1 heterocycles. The summed E-state index contributed by atoms with van der Waals surface area (Å²) in [5.41, 5.74) is 3.09. The summed E-state index contributed by atoms with van der Waals surface area (Å²) in [5.74, 6) is 1.30. The van der Waals surface area contributed by atoms with Crippen LogP contribution in [-0.4, -0.2) is 36.9 Å². The first kappa shape index (κ1) is 20.9. The van der Waals surface area contributed by atoms with Crippen molar-refractivity contribution in [3.05, 3.63) is 69.6 Å². The van der Waals surface area contributed by atoms with Crippen molar-refractivity contribution in [3.8, 4) is 11.5 Å². The van der Waals surface area contributed by atoms with Crippen LogP contribution in [0.3, 0.4) is 0 Å². The minimum atomic E-state index is -0.537. The summed E-state index contributed by atoms with van der Waals surface area (Å²) in [6, 6.07) is 11.3. The molecule has 0 aliphatic rings. The monoisotopic (exact) mass is 397 g/mol. The van der Waals surface area contributed by atoms with Crippen LogP contribution >= 0.6 is 0 Å². The van der Waals surface area contributed by atoms with E-state index in [0.29, 0.717) is 47.7 Å². The minimum absolute atomic E-state index is 0.0437. The number of ether oxygens (including phenoxy) is 2. The lowest BCUT2D eigenvalue weighted by Crippen LogP contribution is -2.32. The van der Waals surface area contributed by atoms with E-state index in [1.807, 2.05) is 48.2 Å². The zero-order chi connectivity index (χ0) is 21.0. The molecule has 154 valence electrons. The van der Waals surface area contributed by atoms with Crippen molar-refractivity contribution in [1.82, 2.24) is 4.90 Å². The molecule has 3 aromatic rings. The second-order valence-electron chi connectivity index (χ2n) is 7.30. The van der Waals surface area contributed by atoms with Gasteiger partial charge in [0.15, 0.2) is 16.9 Å². The van der Waals surface area contributed by atoms with E-state index in [9.17, 15) is 9.90 Å². The largest absolute Gasteiger partial charge is 0.493 e. The van der Waals surface area contributed by atoms with Crippen LogP contribution in [0.25, 0.3) is 11.0 Å². The third-order valence-corrected chi connectivity index (χ3v) is 4.77. The van der Waals surface area contributed by atoms with E-state index in [1.54, 1.807) is 21.1 Å². The molecule has 29 heavy (non-hydrogen) atoms. The zero-order valence-electron chi connectivity index (χ0n) is 17.3.